The van der Waals surface area contributed by atoms with Crippen LogP contribution in [0.25, 0.3) is 0 Å². The second-order valence-electron chi connectivity index (χ2n) is 5.03. The molecule has 0 saturated carbocycles. The molecule has 2 aromatic rings. The summed E-state index contributed by atoms with van der Waals surface area (Å²) in [5.41, 5.74) is 5.27. The monoisotopic (exact) mass is 237 g/mol. The van der Waals surface area contributed by atoms with Crippen molar-refractivity contribution < 1.29 is 0 Å². The third kappa shape index (κ3) is 1.43. The standard InChI is InChI=1S/C15H15N3/c1-2-7-14-11(4-1)8-9-18(14)15-16-10-12-5-3-6-13(12)17-15/h1-2,4,7,10H,3,5-6,8-9H2. The van der Waals surface area contributed by atoms with Crippen LogP contribution >= 0.6 is 0 Å². The molecule has 18 heavy (non-hydrogen) atoms. The Morgan fingerprint density at radius 2 is 1.94 bits per heavy atom. The molecule has 0 atom stereocenters. The Labute approximate surface area is 107 Å². The van der Waals surface area contributed by atoms with Crippen molar-refractivity contribution in [1.29, 1.82) is 0 Å². The zero-order valence-corrected chi connectivity index (χ0v) is 10.3. The van der Waals surface area contributed by atoms with Crippen molar-refractivity contribution in [3.63, 3.8) is 0 Å². The Morgan fingerprint density at radius 1 is 1.00 bits per heavy atom. The van der Waals surface area contributed by atoms with Crippen molar-refractivity contribution in [3.8, 4) is 0 Å². The molecule has 0 saturated heterocycles. The van der Waals surface area contributed by atoms with E-state index in [1.165, 1.54) is 28.9 Å². The van der Waals surface area contributed by atoms with Crippen molar-refractivity contribution in [2.24, 2.45) is 0 Å². The van der Waals surface area contributed by atoms with Gasteiger partial charge in [0, 0.05) is 24.1 Å². The van der Waals surface area contributed by atoms with Gasteiger partial charge in [-0.25, -0.2) is 9.97 Å². The van der Waals surface area contributed by atoms with Crippen molar-refractivity contribution >= 4 is 11.6 Å². The number of hydrogen-bond donors (Lipinski definition) is 0. The highest BCUT2D eigenvalue weighted by Gasteiger charge is 2.23. The lowest BCUT2D eigenvalue weighted by Crippen LogP contribution is -2.17. The largest absolute Gasteiger partial charge is 0.310 e. The SMILES string of the molecule is c1ccc2c(c1)CCN2c1ncc2c(n1)CCC2. The highest BCUT2D eigenvalue weighted by atomic mass is 15.3. The Bertz CT molecular complexity index is 606. The lowest BCUT2D eigenvalue weighted by Gasteiger charge is -2.17. The fourth-order valence-electron chi connectivity index (χ4n) is 2.98. The molecule has 4 rings (SSSR count). The number of anilines is 2. The summed E-state index contributed by atoms with van der Waals surface area (Å²) in [5.74, 6) is 0.876. The van der Waals surface area contributed by atoms with Crippen LogP contribution in [0.5, 0.6) is 0 Å². The quantitative estimate of drug-likeness (QED) is 0.763. The van der Waals surface area contributed by atoms with Gasteiger partial charge < -0.3 is 4.90 Å². The highest BCUT2D eigenvalue weighted by Crippen LogP contribution is 2.33. The minimum absolute atomic E-state index is 0.876. The van der Waals surface area contributed by atoms with Crippen LogP contribution in [0.1, 0.15) is 23.2 Å². The molecule has 1 aliphatic heterocycles. The molecule has 0 spiro atoms. The first-order valence-electron chi connectivity index (χ1n) is 6.62. The van der Waals surface area contributed by atoms with Gasteiger partial charge in [0.2, 0.25) is 5.95 Å². The van der Waals surface area contributed by atoms with Crippen LogP contribution in [0.2, 0.25) is 0 Å². The van der Waals surface area contributed by atoms with Crippen molar-refractivity contribution in [2.45, 2.75) is 25.7 Å². The third-order valence-electron chi connectivity index (χ3n) is 3.93. The molecule has 90 valence electrons. The van der Waals surface area contributed by atoms with Gasteiger partial charge in [-0.05, 0) is 42.9 Å². The molecule has 1 aromatic heterocycles. The van der Waals surface area contributed by atoms with Crippen LogP contribution in [-0.4, -0.2) is 16.5 Å². The summed E-state index contributed by atoms with van der Waals surface area (Å²) in [4.78, 5) is 11.5. The molecule has 0 bridgehead atoms. The van der Waals surface area contributed by atoms with Gasteiger partial charge in [-0.1, -0.05) is 18.2 Å². The maximum Gasteiger partial charge on any atom is 0.230 e. The summed E-state index contributed by atoms with van der Waals surface area (Å²) in [6.07, 6.45) is 6.60. The van der Waals surface area contributed by atoms with E-state index in [2.05, 4.69) is 34.1 Å². The van der Waals surface area contributed by atoms with E-state index in [1.54, 1.807) is 0 Å². The van der Waals surface area contributed by atoms with Crippen LogP contribution in [0.4, 0.5) is 11.6 Å². The topological polar surface area (TPSA) is 29.0 Å². The molecule has 2 heterocycles. The summed E-state index contributed by atoms with van der Waals surface area (Å²) in [5, 5.41) is 0. The minimum atomic E-state index is 0.876. The predicted molar refractivity (Wildman–Crippen MR) is 71.2 cm³/mol. The number of hydrogen-bond acceptors (Lipinski definition) is 3. The molecular formula is C15H15N3. The Morgan fingerprint density at radius 3 is 2.94 bits per heavy atom. The summed E-state index contributed by atoms with van der Waals surface area (Å²) in [7, 11) is 0. The zero-order valence-electron chi connectivity index (χ0n) is 10.3. The molecule has 0 N–H and O–H groups in total. The summed E-state index contributed by atoms with van der Waals surface area (Å²) in [6, 6.07) is 8.55. The van der Waals surface area contributed by atoms with E-state index in [0.717, 1.165) is 31.8 Å². The molecule has 0 amide bonds. The van der Waals surface area contributed by atoms with E-state index in [4.69, 9.17) is 4.98 Å². The molecule has 0 radical (unpaired) electrons. The first-order valence-corrected chi connectivity index (χ1v) is 6.62. The Hall–Kier alpha value is -1.90. The van der Waals surface area contributed by atoms with E-state index in [0.29, 0.717) is 0 Å². The summed E-state index contributed by atoms with van der Waals surface area (Å²) < 4.78 is 0. The molecule has 0 fully saturated rings. The molecular weight excluding hydrogens is 222 g/mol. The molecule has 2 aliphatic rings. The smallest absolute Gasteiger partial charge is 0.230 e. The summed E-state index contributed by atoms with van der Waals surface area (Å²) in [6.45, 7) is 0.998. The maximum absolute atomic E-state index is 4.75. The normalized spacial score (nSPS) is 16.8. The van der Waals surface area contributed by atoms with Crippen molar-refractivity contribution in [3.05, 3.63) is 47.3 Å². The molecule has 1 aliphatic carbocycles. The predicted octanol–water partition coefficient (Wildman–Crippen LogP) is 2.66. The van der Waals surface area contributed by atoms with Gasteiger partial charge >= 0.3 is 0 Å². The van der Waals surface area contributed by atoms with Gasteiger partial charge in [0.05, 0.1) is 0 Å². The highest BCUT2D eigenvalue weighted by molar-refractivity contribution is 5.65. The lowest BCUT2D eigenvalue weighted by atomic mass is 10.2. The van der Waals surface area contributed by atoms with Gasteiger partial charge in [-0.2, -0.15) is 0 Å². The number of nitrogens with zero attached hydrogens (tertiary/aromatic N) is 3. The number of fused-ring (bicyclic) bond motifs is 2. The Balaban J connectivity index is 1.77. The molecule has 3 heteroatoms. The lowest BCUT2D eigenvalue weighted by molar-refractivity contribution is 0.890. The third-order valence-corrected chi connectivity index (χ3v) is 3.93. The average molecular weight is 237 g/mol. The molecule has 1 aromatic carbocycles. The van der Waals surface area contributed by atoms with Gasteiger partial charge in [0.15, 0.2) is 0 Å². The van der Waals surface area contributed by atoms with Crippen LogP contribution in [0, 0.1) is 0 Å². The fourth-order valence-corrected chi connectivity index (χ4v) is 2.98. The maximum atomic E-state index is 4.75. The van der Waals surface area contributed by atoms with Gasteiger partial charge in [0.1, 0.15) is 0 Å². The average Bonchev–Trinajstić information content (AvgIpc) is 3.04. The second-order valence-corrected chi connectivity index (χ2v) is 5.03. The van der Waals surface area contributed by atoms with Gasteiger partial charge in [-0.15, -0.1) is 0 Å². The number of aryl methyl sites for hydroxylation is 2. The molecule has 3 nitrogen and oxygen atoms in total. The van der Waals surface area contributed by atoms with Crippen LogP contribution in [0.15, 0.2) is 30.5 Å². The van der Waals surface area contributed by atoms with Gasteiger partial charge in [0.25, 0.3) is 0 Å². The van der Waals surface area contributed by atoms with Crippen LogP contribution in [-0.2, 0) is 19.3 Å². The minimum Gasteiger partial charge on any atom is -0.310 e. The Kier molecular flexibility index (Phi) is 2.13. The first-order chi connectivity index (χ1) is 8.92. The van der Waals surface area contributed by atoms with E-state index in [9.17, 15) is 0 Å². The van der Waals surface area contributed by atoms with Crippen molar-refractivity contribution in [1.82, 2.24) is 9.97 Å². The van der Waals surface area contributed by atoms with Crippen LogP contribution in [0.3, 0.4) is 0 Å². The first kappa shape index (κ1) is 10.1. The number of aromatic nitrogens is 2. The van der Waals surface area contributed by atoms with Crippen molar-refractivity contribution in [2.75, 3.05) is 11.4 Å². The van der Waals surface area contributed by atoms with Gasteiger partial charge in [-0.3, -0.25) is 0 Å². The number of para-hydroxylation sites is 1. The second kappa shape index (κ2) is 3.80. The van der Waals surface area contributed by atoms with E-state index in [1.807, 2.05) is 6.20 Å². The van der Waals surface area contributed by atoms with E-state index < -0.39 is 0 Å². The zero-order chi connectivity index (χ0) is 11.9. The fraction of sp³-hybridized carbons (Fsp3) is 0.333. The van der Waals surface area contributed by atoms with E-state index >= 15 is 0 Å². The summed E-state index contributed by atoms with van der Waals surface area (Å²) >= 11 is 0. The molecule has 0 unspecified atom stereocenters. The number of rotatable bonds is 1. The van der Waals surface area contributed by atoms with E-state index in [-0.39, 0.29) is 0 Å². The van der Waals surface area contributed by atoms with Crippen LogP contribution < -0.4 is 4.90 Å². The number of benzene rings is 1.